The number of ether oxygens (including phenoxy) is 1. The van der Waals surface area contributed by atoms with Crippen LogP contribution in [0.1, 0.15) is 56.5 Å². The van der Waals surface area contributed by atoms with Gasteiger partial charge >= 0.3 is 0 Å². The second-order valence-corrected chi connectivity index (χ2v) is 6.75. The van der Waals surface area contributed by atoms with Gasteiger partial charge in [-0.05, 0) is 50.9 Å². The van der Waals surface area contributed by atoms with Gasteiger partial charge in [-0.25, -0.2) is 0 Å². The van der Waals surface area contributed by atoms with Crippen LogP contribution in [0.15, 0.2) is 42.6 Å². The molecule has 5 heteroatoms. The molecule has 3 rings (SSSR count). The number of hydrogen-bond donors (Lipinski definition) is 2. The Bertz CT molecular complexity index is 699. The van der Waals surface area contributed by atoms with Crippen molar-refractivity contribution in [2.24, 2.45) is 0 Å². The van der Waals surface area contributed by atoms with E-state index in [0.29, 0.717) is 19.2 Å². The maximum Gasteiger partial charge on any atom is 0.234 e. The number of aromatic amines is 1. The molecule has 26 heavy (non-hydrogen) atoms. The third kappa shape index (κ3) is 4.28. The molecule has 0 radical (unpaired) electrons. The second kappa shape index (κ2) is 8.90. The Balaban J connectivity index is 1.65. The number of benzene rings is 1. The van der Waals surface area contributed by atoms with Gasteiger partial charge in [-0.3, -0.25) is 9.69 Å². The molecule has 1 fully saturated rings. The molecule has 0 aliphatic carbocycles. The molecule has 2 aromatic rings. The minimum Gasteiger partial charge on any atom is -0.494 e. The van der Waals surface area contributed by atoms with Crippen LogP contribution in [0.25, 0.3) is 0 Å². The van der Waals surface area contributed by atoms with Crippen molar-refractivity contribution in [2.45, 2.75) is 45.2 Å². The Morgan fingerprint density at radius 3 is 2.88 bits per heavy atom. The van der Waals surface area contributed by atoms with Gasteiger partial charge in [0.1, 0.15) is 5.75 Å². The van der Waals surface area contributed by atoms with Crippen molar-refractivity contribution in [3.8, 4) is 5.75 Å². The summed E-state index contributed by atoms with van der Waals surface area (Å²) >= 11 is 0. The number of aromatic nitrogens is 1. The van der Waals surface area contributed by atoms with Crippen LogP contribution in [0.5, 0.6) is 5.75 Å². The fourth-order valence-corrected chi connectivity index (χ4v) is 3.80. The SMILES string of the molecule is CCOc1ccccc1[C@@H](CC)NC(=O)CN1CCC[C@H]1c1ccc[nH]1. The first kappa shape index (κ1) is 18.5. The zero-order valence-electron chi connectivity index (χ0n) is 15.7. The van der Waals surface area contributed by atoms with E-state index in [-0.39, 0.29) is 11.9 Å². The lowest BCUT2D eigenvalue weighted by Crippen LogP contribution is -2.38. The molecule has 5 nitrogen and oxygen atoms in total. The van der Waals surface area contributed by atoms with Crippen LogP contribution in [0.2, 0.25) is 0 Å². The van der Waals surface area contributed by atoms with Crippen LogP contribution in [0.4, 0.5) is 0 Å². The highest BCUT2D eigenvalue weighted by Gasteiger charge is 2.28. The van der Waals surface area contributed by atoms with E-state index in [1.54, 1.807) is 0 Å². The largest absolute Gasteiger partial charge is 0.494 e. The van der Waals surface area contributed by atoms with E-state index in [1.807, 2.05) is 43.5 Å². The zero-order valence-corrected chi connectivity index (χ0v) is 15.7. The number of amides is 1. The number of para-hydroxylation sites is 1. The average molecular weight is 355 g/mol. The second-order valence-electron chi connectivity index (χ2n) is 6.75. The quantitative estimate of drug-likeness (QED) is 0.757. The summed E-state index contributed by atoms with van der Waals surface area (Å²) in [6.07, 6.45) is 5.00. The lowest BCUT2D eigenvalue weighted by atomic mass is 10.0. The highest BCUT2D eigenvalue weighted by Crippen LogP contribution is 2.31. The van der Waals surface area contributed by atoms with E-state index in [1.165, 1.54) is 5.69 Å². The smallest absolute Gasteiger partial charge is 0.234 e. The van der Waals surface area contributed by atoms with E-state index in [4.69, 9.17) is 4.74 Å². The Morgan fingerprint density at radius 2 is 2.15 bits per heavy atom. The molecule has 1 aliphatic heterocycles. The number of rotatable bonds is 8. The first-order chi connectivity index (χ1) is 12.7. The molecule has 0 bridgehead atoms. The lowest BCUT2D eigenvalue weighted by molar-refractivity contribution is -0.123. The standard InChI is InChI=1S/C21H29N3O2/c1-3-17(16-9-5-6-12-20(16)26-4-2)23-21(25)15-24-14-8-11-19(24)18-10-7-13-22-18/h5-7,9-10,12-13,17,19,22H,3-4,8,11,14-15H2,1-2H3,(H,23,25)/t17-,19+/m1/s1. The minimum absolute atomic E-state index is 0.0307. The van der Waals surface area contributed by atoms with Gasteiger partial charge in [-0.1, -0.05) is 25.1 Å². The van der Waals surface area contributed by atoms with Gasteiger partial charge in [0.2, 0.25) is 5.91 Å². The minimum atomic E-state index is -0.0307. The van der Waals surface area contributed by atoms with E-state index in [2.05, 4.69) is 28.2 Å². The monoisotopic (exact) mass is 355 g/mol. The first-order valence-corrected chi connectivity index (χ1v) is 9.61. The summed E-state index contributed by atoms with van der Waals surface area (Å²) in [6.45, 7) is 6.07. The third-order valence-corrected chi connectivity index (χ3v) is 5.03. The Morgan fingerprint density at radius 1 is 1.31 bits per heavy atom. The maximum atomic E-state index is 12.7. The van der Waals surface area contributed by atoms with E-state index in [0.717, 1.165) is 37.1 Å². The molecule has 1 aromatic heterocycles. The first-order valence-electron chi connectivity index (χ1n) is 9.61. The van der Waals surface area contributed by atoms with Crippen LogP contribution >= 0.6 is 0 Å². The predicted molar refractivity (Wildman–Crippen MR) is 103 cm³/mol. The summed E-state index contributed by atoms with van der Waals surface area (Å²) < 4.78 is 5.73. The number of carbonyl (C=O) groups excluding carboxylic acids is 1. The maximum absolute atomic E-state index is 12.7. The zero-order chi connectivity index (χ0) is 18.4. The van der Waals surface area contributed by atoms with Crippen LogP contribution in [-0.2, 0) is 4.79 Å². The topological polar surface area (TPSA) is 57.4 Å². The molecule has 2 heterocycles. The molecule has 2 atom stereocenters. The highest BCUT2D eigenvalue weighted by molar-refractivity contribution is 5.78. The Labute approximate surface area is 155 Å². The van der Waals surface area contributed by atoms with Crippen molar-refractivity contribution >= 4 is 5.91 Å². The third-order valence-electron chi connectivity index (χ3n) is 5.03. The fraction of sp³-hybridized carbons (Fsp3) is 0.476. The summed E-state index contributed by atoms with van der Waals surface area (Å²) in [5.41, 5.74) is 2.25. The average Bonchev–Trinajstić information content (AvgIpc) is 3.32. The number of nitrogens with one attached hydrogen (secondary N) is 2. The number of likely N-dealkylation sites (tertiary alicyclic amines) is 1. The highest BCUT2D eigenvalue weighted by atomic mass is 16.5. The van der Waals surface area contributed by atoms with Crippen LogP contribution in [-0.4, -0.2) is 35.5 Å². The number of carbonyl (C=O) groups is 1. The van der Waals surface area contributed by atoms with E-state index < -0.39 is 0 Å². The van der Waals surface area contributed by atoms with E-state index >= 15 is 0 Å². The molecule has 0 unspecified atom stereocenters. The molecule has 140 valence electrons. The van der Waals surface area contributed by atoms with Gasteiger partial charge < -0.3 is 15.0 Å². The van der Waals surface area contributed by atoms with Crippen molar-refractivity contribution in [1.82, 2.24) is 15.2 Å². The summed E-state index contributed by atoms with van der Waals surface area (Å²) in [5.74, 6) is 0.925. The molecule has 0 saturated carbocycles. The summed E-state index contributed by atoms with van der Waals surface area (Å²) in [6, 6.07) is 12.4. The molecule has 1 saturated heterocycles. The molecular formula is C21H29N3O2. The molecule has 1 amide bonds. The van der Waals surface area contributed by atoms with Crippen LogP contribution in [0.3, 0.4) is 0 Å². The summed E-state index contributed by atoms with van der Waals surface area (Å²) in [4.78, 5) is 18.3. The number of H-pyrrole nitrogens is 1. The van der Waals surface area contributed by atoms with Gasteiger partial charge in [-0.2, -0.15) is 0 Å². The van der Waals surface area contributed by atoms with Crippen LogP contribution < -0.4 is 10.1 Å². The Kier molecular flexibility index (Phi) is 6.34. The number of hydrogen-bond acceptors (Lipinski definition) is 3. The molecule has 1 aliphatic rings. The molecule has 0 spiro atoms. The van der Waals surface area contributed by atoms with Gasteiger partial charge in [-0.15, -0.1) is 0 Å². The van der Waals surface area contributed by atoms with Gasteiger partial charge in [0, 0.05) is 17.5 Å². The van der Waals surface area contributed by atoms with Gasteiger partial charge in [0.05, 0.1) is 25.2 Å². The summed E-state index contributed by atoms with van der Waals surface area (Å²) in [7, 11) is 0. The molecule has 1 aromatic carbocycles. The fourth-order valence-electron chi connectivity index (χ4n) is 3.80. The van der Waals surface area contributed by atoms with Crippen molar-refractivity contribution in [3.05, 3.63) is 53.9 Å². The van der Waals surface area contributed by atoms with Crippen molar-refractivity contribution < 1.29 is 9.53 Å². The van der Waals surface area contributed by atoms with Crippen molar-refractivity contribution in [3.63, 3.8) is 0 Å². The lowest BCUT2D eigenvalue weighted by Gasteiger charge is -2.25. The van der Waals surface area contributed by atoms with Crippen LogP contribution in [0, 0.1) is 0 Å². The predicted octanol–water partition coefficient (Wildman–Crippen LogP) is 3.82. The number of nitrogens with zero attached hydrogens (tertiary/aromatic N) is 1. The molecular weight excluding hydrogens is 326 g/mol. The summed E-state index contributed by atoms with van der Waals surface area (Å²) in [5, 5.41) is 3.20. The van der Waals surface area contributed by atoms with Gasteiger partial charge in [0.25, 0.3) is 0 Å². The van der Waals surface area contributed by atoms with Crippen molar-refractivity contribution in [2.75, 3.05) is 19.7 Å². The normalized spacial score (nSPS) is 18.6. The van der Waals surface area contributed by atoms with Gasteiger partial charge in [0.15, 0.2) is 0 Å². The molecule has 2 N–H and O–H groups in total. The van der Waals surface area contributed by atoms with E-state index in [9.17, 15) is 4.79 Å². The Hall–Kier alpha value is -2.27. The van der Waals surface area contributed by atoms with Crippen molar-refractivity contribution in [1.29, 1.82) is 0 Å².